The van der Waals surface area contributed by atoms with Gasteiger partial charge in [0.1, 0.15) is 5.65 Å². The molecule has 0 fully saturated rings. The van der Waals surface area contributed by atoms with E-state index in [0.29, 0.717) is 40.3 Å². The van der Waals surface area contributed by atoms with Crippen LogP contribution in [0.15, 0.2) is 42.6 Å². The largest absolute Gasteiger partial charge is 0.493 e. The van der Waals surface area contributed by atoms with Crippen molar-refractivity contribution in [1.29, 1.82) is 0 Å². The normalized spacial score (nSPS) is 11.0. The van der Waals surface area contributed by atoms with Gasteiger partial charge in [0, 0.05) is 18.8 Å². The van der Waals surface area contributed by atoms with Gasteiger partial charge in [-0.25, -0.2) is 4.98 Å². The van der Waals surface area contributed by atoms with Crippen LogP contribution >= 0.6 is 11.6 Å². The summed E-state index contributed by atoms with van der Waals surface area (Å²) in [6.07, 6.45) is 4.88. The van der Waals surface area contributed by atoms with E-state index in [4.69, 9.17) is 25.8 Å². The summed E-state index contributed by atoms with van der Waals surface area (Å²) in [5, 5.41) is 3.15. The van der Waals surface area contributed by atoms with Crippen molar-refractivity contribution in [3.8, 4) is 17.2 Å². The van der Waals surface area contributed by atoms with Crippen molar-refractivity contribution in [2.45, 2.75) is 6.54 Å². The second-order valence-electron chi connectivity index (χ2n) is 5.80. The lowest BCUT2D eigenvalue weighted by atomic mass is 10.1. The Hall–Kier alpha value is -3.19. The molecule has 1 N–H and O–H groups in total. The van der Waals surface area contributed by atoms with E-state index in [1.54, 1.807) is 32.4 Å². The first kappa shape index (κ1) is 19.6. The summed E-state index contributed by atoms with van der Waals surface area (Å²) < 4.78 is 17.7. The summed E-state index contributed by atoms with van der Waals surface area (Å²) in [5.74, 6) is 1.29. The maximum Gasteiger partial charge on any atom is 0.244 e. The summed E-state index contributed by atoms with van der Waals surface area (Å²) in [6, 6.07) is 9.15. The van der Waals surface area contributed by atoms with Crippen molar-refractivity contribution in [2.75, 3.05) is 21.3 Å². The highest BCUT2D eigenvalue weighted by Gasteiger charge is 2.13. The first-order valence-electron chi connectivity index (χ1n) is 8.44. The quantitative estimate of drug-likeness (QED) is 0.614. The maximum absolute atomic E-state index is 12.2. The first-order chi connectivity index (χ1) is 13.6. The molecule has 146 valence electrons. The second kappa shape index (κ2) is 8.67. The summed E-state index contributed by atoms with van der Waals surface area (Å²) in [6.45, 7) is 0.292. The Morgan fingerprint density at radius 3 is 2.54 bits per heavy atom. The fourth-order valence-corrected chi connectivity index (χ4v) is 3.02. The van der Waals surface area contributed by atoms with Crippen LogP contribution in [0.3, 0.4) is 0 Å². The number of fused-ring (bicyclic) bond motifs is 1. The van der Waals surface area contributed by atoms with Crippen LogP contribution in [0.1, 0.15) is 11.3 Å². The van der Waals surface area contributed by atoms with Crippen LogP contribution in [0, 0.1) is 0 Å². The lowest BCUT2D eigenvalue weighted by molar-refractivity contribution is -0.116. The van der Waals surface area contributed by atoms with Gasteiger partial charge in [-0.2, -0.15) is 0 Å². The van der Waals surface area contributed by atoms with E-state index < -0.39 is 0 Å². The molecule has 1 amide bonds. The third-order valence-corrected chi connectivity index (χ3v) is 4.38. The van der Waals surface area contributed by atoms with Crippen LogP contribution in [-0.4, -0.2) is 36.6 Å². The Morgan fingerprint density at radius 2 is 1.89 bits per heavy atom. The summed E-state index contributed by atoms with van der Waals surface area (Å²) in [7, 11) is 4.63. The summed E-state index contributed by atoms with van der Waals surface area (Å²) in [5.41, 5.74) is 2.16. The van der Waals surface area contributed by atoms with Gasteiger partial charge in [-0.15, -0.1) is 0 Å². The number of benzene rings is 1. The number of nitrogens with one attached hydrogen (secondary N) is 1. The number of hydrogen-bond acceptors (Lipinski definition) is 5. The zero-order valence-electron chi connectivity index (χ0n) is 15.7. The standard InChI is InChI=1S/C20H20ClN3O4/c1-26-15-10-13(11-16(27-2)19(15)28-3)12-22-18(25)8-7-14-20(21)23-17-6-4-5-9-24(14)17/h4-11H,12H2,1-3H3,(H,22,25)/b8-7+. The maximum atomic E-state index is 12.2. The Bertz CT molecular complexity index is 1000. The fraction of sp³-hybridized carbons (Fsp3) is 0.200. The molecule has 2 heterocycles. The third kappa shape index (κ3) is 4.04. The van der Waals surface area contributed by atoms with Gasteiger partial charge >= 0.3 is 0 Å². The molecule has 0 radical (unpaired) electrons. The molecule has 0 saturated carbocycles. The molecule has 0 bridgehead atoms. The Balaban J connectivity index is 1.72. The number of halogens is 1. The lowest BCUT2D eigenvalue weighted by Gasteiger charge is -2.14. The first-order valence-corrected chi connectivity index (χ1v) is 8.82. The van der Waals surface area contributed by atoms with E-state index >= 15 is 0 Å². The minimum absolute atomic E-state index is 0.268. The summed E-state index contributed by atoms with van der Waals surface area (Å²) >= 11 is 6.16. The number of amides is 1. The zero-order valence-corrected chi connectivity index (χ0v) is 16.5. The van der Waals surface area contributed by atoms with Crippen molar-refractivity contribution >= 4 is 29.2 Å². The van der Waals surface area contributed by atoms with Gasteiger partial charge in [0.15, 0.2) is 16.7 Å². The van der Waals surface area contributed by atoms with Crippen molar-refractivity contribution in [2.24, 2.45) is 0 Å². The Kier molecular flexibility index (Phi) is 6.06. The van der Waals surface area contributed by atoms with Gasteiger partial charge in [0.25, 0.3) is 0 Å². The number of ether oxygens (including phenoxy) is 3. The predicted octanol–water partition coefficient (Wildman–Crippen LogP) is 3.34. The Labute approximate surface area is 167 Å². The highest BCUT2D eigenvalue weighted by molar-refractivity contribution is 6.31. The molecule has 2 aromatic heterocycles. The number of aromatic nitrogens is 2. The van der Waals surface area contributed by atoms with Gasteiger partial charge < -0.3 is 19.5 Å². The van der Waals surface area contributed by atoms with Crippen molar-refractivity contribution in [3.63, 3.8) is 0 Å². The molecular weight excluding hydrogens is 382 g/mol. The monoisotopic (exact) mass is 401 g/mol. The fourth-order valence-electron chi connectivity index (χ4n) is 2.78. The van der Waals surface area contributed by atoms with Gasteiger partial charge in [0.05, 0.1) is 27.0 Å². The molecule has 1 aromatic carbocycles. The number of imidazole rings is 1. The molecule has 0 aliphatic heterocycles. The van der Waals surface area contributed by atoms with Crippen LogP contribution < -0.4 is 19.5 Å². The molecule has 0 aliphatic carbocycles. The summed E-state index contributed by atoms with van der Waals surface area (Å²) in [4.78, 5) is 16.5. The van der Waals surface area contributed by atoms with Gasteiger partial charge in [0.2, 0.25) is 11.7 Å². The zero-order chi connectivity index (χ0) is 20.1. The third-order valence-electron chi connectivity index (χ3n) is 4.11. The van der Waals surface area contributed by atoms with E-state index in [-0.39, 0.29) is 5.91 Å². The molecule has 0 unspecified atom stereocenters. The SMILES string of the molecule is COc1cc(CNC(=O)/C=C/c2c(Cl)nc3ccccn23)cc(OC)c1OC. The van der Waals surface area contributed by atoms with E-state index in [0.717, 1.165) is 5.56 Å². The molecule has 0 saturated heterocycles. The van der Waals surface area contributed by atoms with E-state index in [1.807, 2.05) is 28.8 Å². The molecule has 7 nitrogen and oxygen atoms in total. The number of rotatable bonds is 7. The average Bonchev–Trinajstić information content (AvgIpc) is 3.04. The number of carbonyl (C=O) groups is 1. The minimum Gasteiger partial charge on any atom is -0.493 e. The Morgan fingerprint density at radius 1 is 1.18 bits per heavy atom. The van der Waals surface area contributed by atoms with Crippen LogP contribution in [0.2, 0.25) is 5.15 Å². The van der Waals surface area contributed by atoms with E-state index in [1.165, 1.54) is 13.2 Å². The van der Waals surface area contributed by atoms with Crippen LogP contribution in [0.4, 0.5) is 0 Å². The van der Waals surface area contributed by atoms with E-state index in [9.17, 15) is 4.79 Å². The van der Waals surface area contributed by atoms with Crippen molar-refractivity contribution in [1.82, 2.24) is 14.7 Å². The molecule has 0 aliphatic rings. The van der Waals surface area contributed by atoms with E-state index in [2.05, 4.69) is 10.3 Å². The molecule has 3 rings (SSSR count). The van der Waals surface area contributed by atoms with Gasteiger partial charge in [-0.3, -0.25) is 9.20 Å². The van der Waals surface area contributed by atoms with Crippen molar-refractivity contribution in [3.05, 3.63) is 59.0 Å². The molecule has 8 heteroatoms. The number of carbonyl (C=O) groups excluding carboxylic acids is 1. The highest BCUT2D eigenvalue weighted by atomic mass is 35.5. The number of pyridine rings is 1. The van der Waals surface area contributed by atoms with Crippen molar-refractivity contribution < 1.29 is 19.0 Å². The van der Waals surface area contributed by atoms with Gasteiger partial charge in [-0.05, 0) is 35.9 Å². The number of hydrogen-bond donors (Lipinski definition) is 1. The highest BCUT2D eigenvalue weighted by Crippen LogP contribution is 2.38. The molecule has 3 aromatic rings. The minimum atomic E-state index is -0.268. The smallest absolute Gasteiger partial charge is 0.244 e. The van der Waals surface area contributed by atoms with Crippen LogP contribution in [0.5, 0.6) is 17.2 Å². The lowest BCUT2D eigenvalue weighted by Crippen LogP contribution is -2.20. The van der Waals surface area contributed by atoms with Gasteiger partial charge in [-0.1, -0.05) is 17.7 Å². The van der Waals surface area contributed by atoms with Crippen LogP contribution in [-0.2, 0) is 11.3 Å². The molecular formula is C20H20ClN3O4. The second-order valence-corrected chi connectivity index (χ2v) is 6.16. The predicted molar refractivity (Wildman–Crippen MR) is 107 cm³/mol. The topological polar surface area (TPSA) is 74.1 Å². The van der Waals surface area contributed by atoms with Crippen LogP contribution in [0.25, 0.3) is 11.7 Å². The molecule has 0 spiro atoms. The number of nitrogens with zero attached hydrogens (tertiary/aromatic N) is 2. The molecule has 0 atom stereocenters. The molecule has 28 heavy (non-hydrogen) atoms. The number of methoxy groups -OCH3 is 3. The average molecular weight is 402 g/mol.